The highest BCUT2D eigenvalue weighted by atomic mass is 16.1. The molecular weight excluding hydrogens is 196 g/mol. The molecular formula is C15H20O. The van der Waals surface area contributed by atoms with Crippen LogP contribution in [0.4, 0.5) is 0 Å². The third-order valence-electron chi connectivity index (χ3n) is 2.63. The first-order valence-corrected chi connectivity index (χ1v) is 5.70. The van der Waals surface area contributed by atoms with Crippen LogP contribution in [0.25, 0.3) is 0 Å². The molecule has 1 aromatic rings. The first-order valence-electron chi connectivity index (χ1n) is 5.70. The fraction of sp³-hybridized carbons (Fsp3) is 0.400. The highest BCUT2D eigenvalue weighted by Gasteiger charge is 2.15. The molecule has 1 rings (SSSR count). The Hall–Kier alpha value is -1.37. The van der Waals surface area contributed by atoms with E-state index < -0.39 is 0 Å². The van der Waals surface area contributed by atoms with Crippen molar-refractivity contribution in [3.8, 4) is 0 Å². The molecule has 1 aromatic carbocycles. The number of benzene rings is 1. The van der Waals surface area contributed by atoms with Gasteiger partial charge in [-0.05, 0) is 23.5 Å². The summed E-state index contributed by atoms with van der Waals surface area (Å²) in [7, 11) is 0. The van der Waals surface area contributed by atoms with Crippen LogP contribution in [0.2, 0.25) is 0 Å². The van der Waals surface area contributed by atoms with Crippen LogP contribution in [0.1, 0.15) is 49.5 Å². The molecule has 0 aliphatic rings. The van der Waals surface area contributed by atoms with Crippen molar-refractivity contribution in [3.05, 3.63) is 48.0 Å². The zero-order valence-electron chi connectivity index (χ0n) is 10.4. The Bertz CT molecular complexity index is 383. The first-order chi connectivity index (χ1) is 7.45. The summed E-state index contributed by atoms with van der Waals surface area (Å²) in [4.78, 5) is 11.8. The second-order valence-electron chi connectivity index (χ2n) is 5.08. The van der Waals surface area contributed by atoms with E-state index in [0.29, 0.717) is 6.42 Å². The second-order valence-corrected chi connectivity index (χ2v) is 5.08. The molecule has 1 heteroatoms. The first kappa shape index (κ1) is 12.7. The lowest BCUT2D eigenvalue weighted by atomic mass is 9.85. The topological polar surface area (TPSA) is 17.1 Å². The number of hydrogen-bond acceptors (Lipinski definition) is 1. The number of Topliss-reactive ketones (excluding diaryl/α,β-unsaturated/α-hetero) is 1. The molecule has 0 saturated carbocycles. The van der Waals surface area contributed by atoms with Gasteiger partial charge in [0.2, 0.25) is 0 Å². The standard InChI is InChI=1S/C15H20O/c1-5-6-10-14(16)12-8-7-9-13(11-12)15(2,3)4/h5,7-9,11H,1,6,10H2,2-4H3. The van der Waals surface area contributed by atoms with E-state index in [1.165, 1.54) is 5.56 Å². The molecule has 0 heterocycles. The predicted octanol–water partition coefficient (Wildman–Crippen LogP) is 4.13. The summed E-state index contributed by atoms with van der Waals surface area (Å²) in [6, 6.07) is 7.93. The minimum absolute atomic E-state index is 0.0920. The van der Waals surface area contributed by atoms with Crippen LogP contribution in [0.5, 0.6) is 0 Å². The maximum absolute atomic E-state index is 11.8. The SMILES string of the molecule is C=CCCC(=O)c1cccc(C(C)(C)C)c1. The zero-order chi connectivity index (χ0) is 12.2. The van der Waals surface area contributed by atoms with E-state index in [9.17, 15) is 4.79 Å². The molecule has 0 aliphatic carbocycles. The fourth-order valence-corrected chi connectivity index (χ4v) is 1.54. The Labute approximate surface area is 98.2 Å². The highest BCUT2D eigenvalue weighted by molar-refractivity contribution is 5.96. The molecule has 0 fully saturated rings. The van der Waals surface area contributed by atoms with Crippen LogP contribution < -0.4 is 0 Å². The smallest absolute Gasteiger partial charge is 0.163 e. The molecule has 0 saturated heterocycles. The summed E-state index contributed by atoms with van der Waals surface area (Å²) < 4.78 is 0. The number of hydrogen-bond donors (Lipinski definition) is 0. The van der Waals surface area contributed by atoms with Crippen LogP contribution >= 0.6 is 0 Å². The van der Waals surface area contributed by atoms with Crippen molar-refractivity contribution in [1.29, 1.82) is 0 Å². The van der Waals surface area contributed by atoms with E-state index in [4.69, 9.17) is 0 Å². The van der Waals surface area contributed by atoms with Crippen molar-refractivity contribution >= 4 is 5.78 Å². The van der Waals surface area contributed by atoms with Gasteiger partial charge in [0, 0.05) is 12.0 Å². The van der Waals surface area contributed by atoms with E-state index in [-0.39, 0.29) is 11.2 Å². The maximum atomic E-state index is 11.8. The van der Waals surface area contributed by atoms with Crippen LogP contribution in [-0.2, 0) is 5.41 Å². The van der Waals surface area contributed by atoms with Crippen molar-refractivity contribution in [1.82, 2.24) is 0 Å². The fourth-order valence-electron chi connectivity index (χ4n) is 1.54. The molecule has 0 N–H and O–H groups in total. The number of allylic oxidation sites excluding steroid dienone is 1. The number of rotatable bonds is 4. The molecule has 86 valence electrons. The molecule has 0 aliphatic heterocycles. The van der Waals surface area contributed by atoms with Crippen LogP contribution in [0.15, 0.2) is 36.9 Å². The molecule has 16 heavy (non-hydrogen) atoms. The lowest BCUT2D eigenvalue weighted by Gasteiger charge is -2.19. The average Bonchev–Trinajstić information content (AvgIpc) is 2.25. The Morgan fingerprint density at radius 3 is 2.62 bits per heavy atom. The summed E-state index contributed by atoms with van der Waals surface area (Å²) in [5.74, 6) is 0.200. The molecule has 0 spiro atoms. The van der Waals surface area contributed by atoms with Gasteiger partial charge in [0.15, 0.2) is 5.78 Å². The quantitative estimate of drug-likeness (QED) is 0.546. The van der Waals surface area contributed by atoms with Gasteiger partial charge in [-0.15, -0.1) is 6.58 Å². The summed E-state index contributed by atoms with van der Waals surface area (Å²) in [5, 5.41) is 0. The number of ketones is 1. The van der Waals surface area contributed by atoms with Crippen molar-refractivity contribution in [3.63, 3.8) is 0 Å². The van der Waals surface area contributed by atoms with Crippen molar-refractivity contribution in [2.24, 2.45) is 0 Å². The van der Waals surface area contributed by atoms with E-state index in [1.54, 1.807) is 6.08 Å². The summed E-state index contributed by atoms with van der Waals surface area (Å²) in [5.41, 5.74) is 2.11. The molecule has 0 radical (unpaired) electrons. The van der Waals surface area contributed by atoms with Crippen molar-refractivity contribution in [2.45, 2.75) is 39.0 Å². The highest BCUT2D eigenvalue weighted by Crippen LogP contribution is 2.23. The van der Waals surface area contributed by atoms with Crippen molar-refractivity contribution in [2.75, 3.05) is 0 Å². The molecule has 1 nitrogen and oxygen atoms in total. The average molecular weight is 216 g/mol. The van der Waals surface area contributed by atoms with Crippen molar-refractivity contribution < 1.29 is 4.79 Å². The number of carbonyl (C=O) groups excluding carboxylic acids is 1. The summed E-state index contributed by atoms with van der Waals surface area (Å²) in [6.45, 7) is 10.1. The Kier molecular flexibility index (Phi) is 4.05. The predicted molar refractivity (Wildman–Crippen MR) is 68.9 cm³/mol. The third-order valence-corrected chi connectivity index (χ3v) is 2.63. The lowest BCUT2D eigenvalue weighted by Crippen LogP contribution is -2.12. The minimum atomic E-state index is 0.0920. The Morgan fingerprint density at radius 2 is 2.06 bits per heavy atom. The summed E-state index contributed by atoms with van der Waals surface area (Å²) in [6.07, 6.45) is 3.08. The second kappa shape index (κ2) is 5.11. The molecule has 0 bridgehead atoms. The minimum Gasteiger partial charge on any atom is -0.294 e. The summed E-state index contributed by atoms with van der Waals surface area (Å²) >= 11 is 0. The van der Waals surface area contributed by atoms with Gasteiger partial charge in [0.05, 0.1) is 0 Å². The normalized spacial score (nSPS) is 11.2. The number of carbonyl (C=O) groups is 1. The molecule has 0 atom stereocenters. The third kappa shape index (κ3) is 3.34. The van der Waals surface area contributed by atoms with E-state index in [0.717, 1.165) is 12.0 Å². The zero-order valence-corrected chi connectivity index (χ0v) is 10.4. The van der Waals surface area contributed by atoms with Crippen LogP contribution in [-0.4, -0.2) is 5.78 Å². The van der Waals surface area contributed by atoms with Gasteiger partial charge in [-0.2, -0.15) is 0 Å². The van der Waals surface area contributed by atoms with Gasteiger partial charge in [0.25, 0.3) is 0 Å². The van der Waals surface area contributed by atoms with Gasteiger partial charge in [0.1, 0.15) is 0 Å². The molecule has 0 amide bonds. The monoisotopic (exact) mass is 216 g/mol. The largest absolute Gasteiger partial charge is 0.294 e. The van der Waals surface area contributed by atoms with Crippen LogP contribution in [0, 0.1) is 0 Å². The Morgan fingerprint density at radius 1 is 1.38 bits per heavy atom. The molecule has 0 aromatic heterocycles. The van der Waals surface area contributed by atoms with Gasteiger partial charge in [-0.1, -0.05) is 45.0 Å². The van der Waals surface area contributed by atoms with E-state index in [2.05, 4.69) is 33.4 Å². The molecule has 0 unspecified atom stereocenters. The van der Waals surface area contributed by atoms with Gasteiger partial charge in [-0.25, -0.2) is 0 Å². The van der Waals surface area contributed by atoms with Gasteiger partial charge in [-0.3, -0.25) is 4.79 Å². The van der Waals surface area contributed by atoms with Gasteiger partial charge >= 0.3 is 0 Å². The maximum Gasteiger partial charge on any atom is 0.163 e. The Balaban J connectivity index is 2.90. The lowest BCUT2D eigenvalue weighted by molar-refractivity contribution is 0.0983. The van der Waals surface area contributed by atoms with E-state index >= 15 is 0 Å². The van der Waals surface area contributed by atoms with Gasteiger partial charge < -0.3 is 0 Å². The van der Waals surface area contributed by atoms with E-state index in [1.807, 2.05) is 18.2 Å². The van der Waals surface area contributed by atoms with Crippen LogP contribution in [0.3, 0.4) is 0 Å².